The second-order valence-corrected chi connectivity index (χ2v) is 7.97. The summed E-state index contributed by atoms with van der Waals surface area (Å²) in [6, 6.07) is 11.5. The fraction of sp³-hybridized carbons (Fsp3) is 0.167. The van der Waals surface area contributed by atoms with E-state index < -0.39 is 10.0 Å². The predicted octanol–water partition coefficient (Wildman–Crippen LogP) is 1.91. The summed E-state index contributed by atoms with van der Waals surface area (Å²) in [7, 11) is -3.73. The number of primary sulfonamides is 1. The zero-order chi connectivity index (χ0) is 19.0. The van der Waals surface area contributed by atoms with Gasteiger partial charge in [0, 0.05) is 28.9 Å². The Morgan fingerprint density at radius 3 is 2.52 bits per heavy atom. The third-order valence-electron chi connectivity index (χ3n) is 4.19. The van der Waals surface area contributed by atoms with Gasteiger partial charge < -0.3 is 10.6 Å². The lowest BCUT2D eigenvalue weighted by molar-refractivity contribution is 0.0951. The van der Waals surface area contributed by atoms with Gasteiger partial charge in [-0.05, 0) is 55.3 Å². The first-order chi connectivity index (χ1) is 12.9. The van der Waals surface area contributed by atoms with Crippen LogP contribution in [0.25, 0.3) is 10.9 Å². The minimum Gasteiger partial charge on any atom is -0.349 e. The average molecular weight is 383 g/mol. The van der Waals surface area contributed by atoms with Gasteiger partial charge in [-0.15, -0.1) is 0 Å². The van der Waals surface area contributed by atoms with Crippen molar-refractivity contribution < 1.29 is 13.2 Å². The molecule has 1 amide bonds. The zero-order valence-corrected chi connectivity index (χ0v) is 15.0. The number of nitrogens with one attached hydrogen (secondary N) is 2. The van der Waals surface area contributed by atoms with Crippen molar-refractivity contribution >= 4 is 38.5 Å². The molecule has 0 unspecified atom stereocenters. The molecule has 4 N–H and O–H groups in total. The molecule has 138 valence electrons. The van der Waals surface area contributed by atoms with Crippen molar-refractivity contribution in [2.45, 2.75) is 23.8 Å². The van der Waals surface area contributed by atoms with Gasteiger partial charge in [-0.25, -0.2) is 23.5 Å². The van der Waals surface area contributed by atoms with Crippen molar-refractivity contribution in [1.82, 2.24) is 15.3 Å². The lowest BCUT2D eigenvalue weighted by Crippen LogP contribution is -2.25. The number of aromatic nitrogens is 2. The van der Waals surface area contributed by atoms with Crippen LogP contribution in [0, 0.1) is 0 Å². The summed E-state index contributed by atoms with van der Waals surface area (Å²) in [5.41, 5.74) is 1.90. The second kappa shape index (κ2) is 6.60. The predicted molar refractivity (Wildman–Crippen MR) is 101 cm³/mol. The van der Waals surface area contributed by atoms with Crippen LogP contribution in [0.15, 0.2) is 53.6 Å². The van der Waals surface area contributed by atoms with Gasteiger partial charge in [-0.3, -0.25) is 4.79 Å². The van der Waals surface area contributed by atoms with Gasteiger partial charge in [0.25, 0.3) is 5.91 Å². The van der Waals surface area contributed by atoms with Crippen molar-refractivity contribution in [2.75, 3.05) is 5.32 Å². The number of hydrogen-bond acceptors (Lipinski definition) is 6. The lowest BCUT2D eigenvalue weighted by atomic mass is 10.1. The number of nitrogens with two attached hydrogens (primary N) is 1. The largest absolute Gasteiger partial charge is 0.349 e. The third kappa shape index (κ3) is 4.04. The minimum absolute atomic E-state index is 0.0319. The van der Waals surface area contributed by atoms with E-state index in [9.17, 15) is 13.2 Å². The van der Waals surface area contributed by atoms with Gasteiger partial charge >= 0.3 is 0 Å². The van der Waals surface area contributed by atoms with Gasteiger partial charge in [0.05, 0.1) is 10.4 Å². The normalized spacial score (nSPS) is 14.1. The number of benzene rings is 2. The molecule has 1 aliphatic rings. The Morgan fingerprint density at radius 1 is 1.11 bits per heavy atom. The molecule has 2 aromatic carbocycles. The van der Waals surface area contributed by atoms with Crippen LogP contribution in [0.1, 0.15) is 23.2 Å². The van der Waals surface area contributed by atoms with Crippen LogP contribution in [0.4, 0.5) is 11.6 Å². The van der Waals surface area contributed by atoms with E-state index in [-0.39, 0.29) is 10.8 Å². The molecule has 1 aliphatic carbocycles. The molecule has 1 saturated carbocycles. The standard InChI is InChI=1S/C18H17N5O3S/c19-27(25,26)15-6-4-14(5-7-15)22-18-20-10-12-9-11(1-8-16(12)23-18)17(24)21-13-2-3-13/h1,4-10,13H,2-3H2,(H,21,24)(H2,19,25,26)(H,20,22,23). The maximum Gasteiger partial charge on any atom is 0.251 e. The first kappa shape index (κ1) is 17.4. The number of fused-ring (bicyclic) bond motifs is 1. The van der Waals surface area contributed by atoms with E-state index in [1.165, 1.54) is 12.1 Å². The highest BCUT2D eigenvalue weighted by molar-refractivity contribution is 7.89. The summed E-state index contributed by atoms with van der Waals surface area (Å²) in [4.78, 5) is 20.8. The molecule has 8 nitrogen and oxygen atoms in total. The molecule has 0 aliphatic heterocycles. The smallest absolute Gasteiger partial charge is 0.251 e. The molecular formula is C18H17N5O3S. The Hall–Kier alpha value is -3.04. The third-order valence-corrected chi connectivity index (χ3v) is 5.12. The van der Waals surface area contributed by atoms with Crippen molar-refractivity contribution in [2.24, 2.45) is 5.14 Å². The molecule has 1 heterocycles. The number of amides is 1. The second-order valence-electron chi connectivity index (χ2n) is 6.41. The molecule has 3 aromatic rings. The first-order valence-corrected chi connectivity index (χ1v) is 9.91. The van der Waals surface area contributed by atoms with Crippen LogP contribution in [-0.2, 0) is 10.0 Å². The molecule has 9 heteroatoms. The number of carbonyl (C=O) groups is 1. The van der Waals surface area contributed by atoms with E-state index in [2.05, 4.69) is 20.6 Å². The summed E-state index contributed by atoms with van der Waals surface area (Å²) in [5, 5.41) is 11.8. The molecule has 0 radical (unpaired) electrons. The van der Waals surface area contributed by atoms with Crippen molar-refractivity contribution in [3.05, 3.63) is 54.2 Å². The number of anilines is 2. The SMILES string of the molecule is NS(=O)(=O)c1ccc(Nc2ncc3cc(C(=O)NC4CC4)ccc3n2)cc1. The molecule has 27 heavy (non-hydrogen) atoms. The van der Waals surface area contributed by atoms with Crippen LogP contribution < -0.4 is 15.8 Å². The molecule has 0 spiro atoms. The molecule has 1 fully saturated rings. The van der Waals surface area contributed by atoms with E-state index >= 15 is 0 Å². The van der Waals surface area contributed by atoms with Gasteiger partial charge in [-0.1, -0.05) is 0 Å². The molecule has 0 bridgehead atoms. The summed E-state index contributed by atoms with van der Waals surface area (Å²) >= 11 is 0. The van der Waals surface area contributed by atoms with Gasteiger partial charge in [0.15, 0.2) is 0 Å². The Bertz CT molecular complexity index is 1130. The maximum absolute atomic E-state index is 12.1. The first-order valence-electron chi connectivity index (χ1n) is 8.36. The highest BCUT2D eigenvalue weighted by Crippen LogP contribution is 2.21. The molecular weight excluding hydrogens is 366 g/mol. The number of nitrogens with zero attached hydrogens (tertiary/aromatic N) is 2. The summed E-state index contributed by atoms with van der Waals surface area (Å²) in [5.74, 6) is 0.276. The monoisotopic (exact) mass is 383 g/mol. The quantitative estimate of drug-likeness (QED) is 0.618. The zero-order valence-electron chi connectivity index (χ0n) is 14.2. The van der Waals surface area contributed by atoms with E-state index in [0.717, 1.165) is 18.2 Å². The van der Waals surface area contributed by atoms with E-state index in [1.807, 2.05) is 0 Å². The summed E-state index contributed by atoms with van der Waals surface area (Å²) in [6.45, 7) is 0. The Morgan fingerprint density at radius 2 is 1.85 bits per heavy atom. The Kier molecular flexibility index (Phi) is 4.25. The highest BCUT2D eigenvalue weighted by Gasteiger charge is 2.23. The van der Waals surface area contributed by atoms with E-state index in [4.69, 9.17) is 5.14 Å². The van der Waals surface area contributed by atoms with Crippen LogP contribution in [0.2, 0.25) is 0 Å². The number of rotatable bonds is 5. The molecule has 0 saturated heterocycles. The average Bonchev–Trinajstić information content (AvgIpc) is 3.45. The van der Waals surface area contributed by atoms with Crippen LogP contribution in [0.3, 0.4) is 0 Å². The van der Waals surface area contributed by atoms with Crippen molar-refractivity contribution in [3.8, 4) is 0 Å². The van der Waals surface area contributed by atoms with E-state index in [1.54, 1.807) is 36.5 Å². The van der Waals surface area contributed by atoms with Gasteiger partial charge in [-0.2, -0.15) is 0 Å². The van der Waals surface area contributed by atoms with Crippen molar-refractivity contribution in [1.29, 1.82) is 0 Å². The maximum atomic E-state index is 12.1. The van der Waals surface area contributed by atoms with Gasteiger partial charge in [0.2, 0.25) is 16.0 Å². The Balaban J connectivity index is 1.53. The summed E-state index contributed by atoms with van der Waals surface area (Å²) in [6.07, 6.45) is 3.71. The molecule has 4 rings (SSSR count). The lowest BCUT2D eigenvalue weighted by Gasteiger charge is -2.08. The highest BCUT2D eigenvalue weighted by atomic mass is 32.2. The minimum atomic E-state index is -3.73. The molecule has 1 aromatic heterocycles. The van der Waals surface area contributed by atoms with Crippen LogP contribution in [-0.4, -0.2) is 30.3 Å². The molecule has 0 atom stereocenters. The van der Waals surface area contributed by atoms with Crippen LogP contribution >= 0.6 is 0 Å². The fourth-order valence-corrected chi connectivity index (χ4v) is 3.10. The summed E-state index contributed by atoms with van der Waals surface area (Å²) < 4.78 is 22.6. The van der Waals surface area contributed by atoms with Gasteiger partial charge in [0.1, 0.15) is 0 Å². The van der Waals surface area contributed by atoms with Crippen molar-refractivity contribution in [3.63, 3.8) is 0 Å². The Labute approximate surface area is 155 Å². The topological polar surface area (TPSA) is 127 Å². The fourth-order valence-electron chi connectivity index (χ4n) is 2.59. The number of hydrogen-bond donors (Lipinski definition) is 3. The van der Waals surface area contributed by atoms with Crippen LogP contribution in [0.5, 0.6) is 0 Å². The van der Waals surface area contributed by atoms with E-state index in [0.29, 0.717) is 28.8 Å². The number of carbonyl (C=O) groups excluding carboxylic acids is 1. The number of sulfonamides is 1.